The fourth-order valence-corrected chi connectivity index (χ4v) is 6.95. The molecule has 4 unspecified atom stereocenters. The van der Waals surface area contributed by atoms with Gasteiger partial charge in [0.25, 0.3) is 0 Å². The number of alkyl carbamates (subject to hydrolysis) is 1. The summed E-state index contributed by atoms with van der Waals surface area (Å²) in [6.45, 7) is 7.11. The van der Waals surface area contributed by atoms with E-state index in [1.54, 1.807) is 27.7 Å². The normalized spacial score (nSPS) is 16.5. The number of rotatable bonds is 13. The van der Waals surface area contributed by atoms with Crippen molar-refractivity contribution < 1.29 is 38.2 Å². The van der Waals surface area contributed by atoms with Crippen molar-refractivity contribution in [3.8, 4) is 11.1 Å². The van der Waals surface area contributed by atoms with Gasteiger partial charge in [-0.25, -0.2) is 9.59 Å². The minimum Gasteiger partial charge on any atom is -0.465 e. The predicted octanol–water partition coefficient (Wildman–Crippen LogP) is 4.65. The fourth-order valence-electron chi connectivity index (χ4n) is 6.95. The molecule has 0 saturated carbocycles. The number of nitrogens with zero attached hydrogens (tertiary/aromatic N) is 1. The number of hydrogen-bond acceptors (Lipinski definition) is 9. The summed E-state index contributed by atoms with van der Waals surface area (Å²) in [6.07, 6.45) is 0.0704. The number of benzene rings is 3. The van der Waals surface area contributed by atoms with Crippen LogP contribution in [0.25, 0.3) is 11.1 Å². The highest BCUT2D eigenvalue weighted by atomic mass is 16.5. The lowest BCUT2D eigenvalue weighted by atomic mass is 9.98. The number of hydrogen-bond donors (Lipinski definition) is 4. The second kappa shape index (κ2) is 16.7. The van der Waals surface area contributed by atoms with E-state index in [1.807, 2.05) is 48.5 Å². The number of nitrogen functional groups attached to an aromatic ring is 1. The van der Waals surface area contributed by atoms with Crippen LogP contribution < -0.4 is 21.7 Å². The highest BCUT2D eigenvalue weighted by molar-refractivity contribution is 6.02. The molecule has 13 nitrogen and oxygen atoms in total. The molecule has 5 N–H and O–H groups in total. The van der Waals surface area contributed by atoms with Crippen LogP contribution >= 0.6 is 0 Å². The molecule has 3 aromatic rings. The van der Waals surface area contributed by atoms with Crippen LogP contribution in [-0.4, -0.2) is 78.9 Å². The van der Waals surface area contributed by atoms with Gasteiger partial charge in [0.05, 0.1) is 30.1 Å². The van der Waals surface area contributed by atoms with Gasteiger partial charge in [-0.1, -0.05) is 69.3 Å². The average Bonchev–Trinajstić information content (AvgIpc) is 3.76. The Morgan fingerprint density at radius 1 is 0.887 bits per heavy atom. The Balaban J connectivity index is 1.13. The number of anilines is 2. The summed E-state index contributed by atoms with van der Waals surface area (Å²) in [6, 6.07) is 17.6. The van der Waals surface area contributed by atoms with Gasteiger partial charge in [0.1, 0.15) is 18.7 Å². The molecule has 5 rings (SSSR count). The molecule has 1 saturated heterocycles. The van der Waals surface area contributed by atoms with Crippen molar-refractivity contribution in [1.29, 1.82) is 0 Å². The number of nitrogens with two attached hydrogens (primary N) is 1. The van der Waals surface area contributed by atoms with E-state index >= 15 is 0 Å². The zero-order valence-corrected chi connectivity index (χ0v) is 30.6. The third-order valence-electron chi connectivity index (χ3n) is 9.91. The molecule has 4 atom stereocenters. The standard InChI is InChI=1S/C40H47N5O8/c1-22(2)35(37(48)43-32-20-25(39(50)52-5)16-17-31(32)41)44-36(47)33-15-10-18-45(33)38(49)23(3)19-34(46)24(4)42-40(51)53-21-30-28-13-8-6-11-26(28)27-12-7-9-14-29(27)30/h6-9,11-14,16-17,20,22-24,30,33,35H,10,15,18-19,21,41H2,1-5H3,(H,42,51)(H,43,48)(H,44,47). The van der Waals surface area contributed by atoms with Gasteiger partial charge in [0.2, 0.25) is 17.7 Å². The van der Waals surface area contributed by atoms with Crippen molar-refractivity contribution in [1.82, 2.24) is 15.5 Å². The Kier molecular flexibility index (Phi) is 12.2. The molecule has 1 fully saturated rings. The zero-order chi connectivity index (χ0) is 38.4. The van der Waals surface area contributed by atoms with Crippen LogP contribution in [0.4, 0.5) is 16.2 Å². The van der Waals surface area contributed by atoms with E-state index < -0.39 is 47.9 Å². The summed E-state index contributed by atoms with van der Waals surface area (Å²) in [4.78, 5) is 79.9. The van der Waals surface area contributed by atoms with Crippen LogP contribution in [0.5, 0.6) is 0 Å². The molecule has 3 aromatic carbocycles. The van der Waals surface area contributed by atoms with Crippen molar-refractivity contribution >= 4 is 46.9 Å². The average molecular weight is 726 g/mol. The summed E-state index contributed by atoms with van der Waals surface area (Å²) >= 11 is 0. The summed E-state index contributed by atoms with van der Waals surface area (Å²) < 4.78 is 10.3. The first-order chi connectivity index (χ1) is 25.3. The second-order valence-electron chi connectivity index (χ2n) is 14.0. The maximum atomic E-state index is 13.6. The van der Waals surface area contributed by atoms with Gasteiger partial charge in [-0.15, -0.1) is 0 Å². The van der Waals surface area contributed by atoms with E-state index in [-0.39, 0.29) is 53.5 Å². The van der Waals surface area contributed by atoms with Crippen LogP contribution in [0.15, 0.2) is 66.7 Å². The smallest absolute Gasteiger partial charge is 0.407 e. The summed E-state index contributed by atoms with van der Waals surface area (Å²) in [5, 5.41) is 8.08. The van der Waals surface area contributed by atoms with Crippen LogP contribution in [0, 0.1) is 11.8 Å². The topological polar surface area (TPSA) is 186 Å². The molecule has 4 amide bonds. The van der Waals surface area contributed by atoms with Crippen molar-refractivity contribution in [2.45, 2.75) is 71.0 Å². The summed E-state index contributed by atoms with van der Waals surface area (Å²) in [7, 11) is 1.24. The number of esters is 1. The molecule has 0 aromatic heterocycles. The number of Topliss-reactive ketones (excluding diaryl/α,β-unsaturated/α-hetero) is 1. The molecule has 1 heterocycles. The Morgan fingerprint density at radius 2 is 1.53 bits per heavy atom. The molecule has 0 radical (unpaired) electrons. The number of amides is 4. The predicted molar refractivity (Wildman–Crippen MR) is 199 cm³/mol. The largest absolute Gasteiger partial charge is 0.465 e. The van der Waals surface area contributed by atoms with Crippen molar-refractivity contribution in [3.05, 3.63) is 83.4 Å². The quantitative estimate of drug-likeness (QED) is 0.144. The van der Waals surface area contributed by atoms with Gasteiger partial charge in [-0.05, 0) is 66.1 Å². The lowest BCUT2D eigenvalue weighted by molar-refractivity contribution is -0.143. The molecule has 0 bridgehead atoms. The molecule has 280 valence electrons. The summed E-state index contributed by atoms with van der Waals surface area (Å²) in [5.41, 5.74) is 11.0. The number of likely N-dealkylation sites (tertiary alicyclic amines) is 1. The molecule has 53 heavy (non-hydrogen) atoms. The van der Waals surface area contributed by atoms with Crippen LogP contribution in [0.3, 0.4) is 0 Å². The number of nitrogens with one attached hydrogen (secondary N) is 3. The third-order valence-corrected chi connectivity index (χ3v) is 9.91. The molecule has 1 aliphatic carbocycles. The monoisotopic (exact) mass is 725 g/mol. The van der Waals surface area contributed by atoms with E-state index in [4.69, 9.17) is 15.2 Å². The van der Waals surface area contributed by atoms with E-state index in [0.29, 0.717) is 19.4 Å². The van der Waals surface area contributed by atoms with E-state index in [2.05, 4.69) is 16.0 Å². The Labute approximate surface area is 309 Å². The molecule has 2 aliphatic rings. The number of fused-ring (bicyclic) bond motifs is 3. The van der Waals surface area contributed by atoms with Crippen LogP contribution in [-0.2, 0) is 28.7 Å². The van der Waals surface area contributed by atoms with E-state index in [1.165, 1.54) is 30.2 Å². The highest BCUT2D eigenvalue weighted by Gasteiger charge is 2.39. The SMILES string of the molecule is COC(=O)c1ccc(N)c(NC(=O)C(NC(=O)C2CCCN2C(=O)C(C)CC(=O)C(C)NC(=O)OCC2c3ccccc3-c3ccccc32)C(C)C)c1. The first kappa shape index (κ1) is 38.5. The maximum absolute atomic E-state index is 13.6. The maximum Gasteiger partial charge on any atom is 0.407 e. The summed E-state index contributed by atoms with van der Waals surface area (Å²) in [5.74, 6) is -3.60. The second-order valence-corrected chi connectivity index (χ2v) is 14.0. The molecular weight excluding hydrogens is 678 g/mol. The Morgan fingerprint density at radius 3 is 2.15 bits per heavy atom. The van der Waals surface area contributed by atoms with E-state index in [0.717, 1.165) is 22.3 Å². The lowest BCUT2D eigenvalue weighted by Gasteiger charge is -2.29. The minimum absolute atomic E-state index is 0.101. The molecule has 1 aliphatic heterocycles. The fraction of sp³-hybridized carbons (Fsp3) is 0.400. The van der Waals surface area contributed by atoms with Crippen molar-refractivity contribution in [3.63, 3.8) is 0 Å². The van der Waals surface area contributed by atoms with Gasteiger partial charge in [-0.3, -0.25) is 19.2 Å². The number of carbonyl (C=O) groups is 6. The number of carbonyl (C=O) groups excluding carboxylic acids is 6. The molecule has 13 heteroatoms. The van der Waals surface area contributed by atoms with Crippen LogP contribution in [0.2, 0.25) is 0 Å². The molecule has 0 spiro atoms. The first-order valence-electron chi connectivity index (χ1n) is 17.8. The van der Waals surface area contributed by atoms with Gasteiger partial charge < -0.3 is 36.1 Å². The van der Waals surface area contributed by atoms with Gasteiger partial charge in [0, 0.05) is 24.8 Å². The lowest BCUT2D eigenvalue weighted by Crippen LogP contribution is -2.54. The zero-order valence-electron chi connectivity index (χ0n) is 30.6. The van der Waals surface area contributed by atoms with E-state index in [9.17, 15) is 28.8 Å². The third kappa shape index (κ3) is 8.67. The van der Waals surface area contributed by atoms with Crippen LogP contribution in [0.1, 0.15) is 74.4 Å². The van der Waals surface area contributed by atoms with Gasteiger partial charge >= 0.3 is 12.1 Å². The minimum atomic E-state index is -0.981. The van der Waals surface area contributed by atoms with Gasteiger partial charge in [-0.2, -0.15) is 0 Å². The van der Waals surface area contributed by atoms with Gasteiger partial charge in [0.15, 0.2) is 5.78 Å². The number of methoxy groups -OCH3 is 1. The number of ketones is 1. The Hall–Kier alpha value is -5.72. The first-order valence-corrected chi connectivity index (χ1v) is 17.8. The highest BCUT2D eigenvalue weighted by Crippen LogP contribution is 2.44. The molecular formula is C40H47N5O8. The number of ether oxygens (including phenoxy) is 2. The Bertz CT molecular complexity index is 1850. The van der Waals surface area contributed by atoms with Crippen molar-refractivity contribution in [2.24, 2.45) is 11.8 Å². The van der Waals surface area contributed by atoms with Crippen molar-refractivity contribution in [2.75, 3.05) is 31.3 Å².